The predicted molar refractivity (Wildman–Crippen MR) is 156 cm³/mol. The Morgan fingerprint density at radius 3 is 2.12 bits per heavy atom. The normalized spacial score (nSPS) is 13.2. The highest BCUT2D eigenvalue weighted by atomic mass is 16.5. The van der Waals surface area contributed by atoms with Crippen molar-refractivity contribution < 1.29 is 33.4 Å². The Morgan fingerprint density at radius 2 is 1.49 bits per heavy atom. The van der Waals surface area contributed by atoms with Crippen molar-refractivity contribution in [2.75, 3.05) is 46.6 Å². The standard InChI is InChI=1S/C30H48N4O7/c1-21-7-9-23(10-8-21)16-25(30(32)39)18-27(36)24(19-28(31)37)17-26(35)22(2)6-4-5-11-34-29(38)20-41-15-14-40-13-12-33-3/h7-10,22,24-25,33H,4-6,11-20H2,1-3H3,(H2,31,37)(H2,32,39)(H,34,38)/t22-,24-,25-/m0/s1. The average Bonchev–Trinajstić information content (AvgIpc) is 2.92. The molecule has 0 aliphatic carbocycles. The van der Waals surface area contributed by atoms with Gasteiger partial charge in [-0.1, -0.05) is 43.2 Å². The monoisotopic (exact) mass is 576 g/mol. The number of ether oxygens (including phenoxy) is 2. The molecule has 0 saturated carbocycles. The number of likely N-dealkylation sites (N-methyl/N-ethyl adjacent to an activating group) is 1. The van der Waals surface area contributed by atoms with Gasteiger partial charge in [-0.25, -0.2) is 0 Å². The smallest absolute Gasteiger partial charge is 0.245 e. The van der Waals surface area contributed by atoms with Crippen LogP contribution in [0.3, 0.4) is 0 Å². The first-order chi connectivity index (χ1) is 19.5. The van der Waals surface area contributed by atoms with Gasteiger partial charge in [-0.3, -0.25) is 24.0 Å². The van der Waals surface area contributed by atoms with Gasteiger partial charge in [-0.05, 0) is 38.8 Å². The van der Waals surface area contributed by atoms with E-state index in [0.717, 1.165) is 17.7 Å². The molecule has 3 atom stereocenters. The number of ketones is 2. The van der Waals surface area contributed by atoms with Gasteiger partial charge >= 0.3 is 0 Å². The number of rotatable bonds is 24. The number of Topliss-reactive ketones (excluding diaryl/α,β-unsaturated/α-hetero) is 2. The topological polar surface area (TPSA) is 180 Å². The molecule has 0 unspecified atom stereocenters. The summed E-state index contributed by atoms with van der Waals surface area (Å²) in [6.45, 7) is 6.25. The largest absolute Gasteiger partial charge is 0.378 e. The third kappa shape index (κ3) is 16.6. The number of unbranched alkanes of at least 4 members (excludes halogenated alkanes) is 1. The minimum Gasteiger partial charge on any atom is -0.378 e. The predicted octanol–water partition coefficient (Wildman–Crippen LogP) is 1.22. The van der Waals surface area contributed by atoms with E-state index in [0.29, 0.717) is 52.0 Å². The first-order valence-electron chi connectivity index (χ1n) is 14.3. The summed E-state index contributed by atoms with van der Waals surface area (Å²) >= 11 is 0. The van der Waals surface area contributed by atoms with Crippen molar-refractivity contribution in [2.24, 2.45) is 29.2 Å². The van der Waals surface area contributed by atoms with Crippen LogP contribution >= 0.6 is 0 Å². The van der Waals surface area contributed by atoms with Crippen LogP contribution in [0.1, 0.15) is 56.6 Å². The molecule has 230 valence electrons. The molecule has 11 heteroatoms. The van der Waals surface area contributed by atoms with Crippen LogP contribution in [0, 0.1) is 24.7 Å². The van der Waals surface area contributed by atoms with Gasteiger partial charge in [-0.15, -0.1) is 0 Å². The van der Waals surface area contributed by atoms with Crippen LogP contribution in [-0.2, 0) is 39.9 Å². The fourth-order valence-corrected chi connectivity index (χ4v) is 4.25. The zero-order valence-corrected chi connectivity index (χ0v) is 24.7. The second kappa shape index (κ2) is 20.7. The SMILES string of the molecule is CNCCOCCOCC(=O)NCCCC[C@H](C)C(=O)C[C@@H](CC(N)=O)C(=O)C[C@H](Cc1ccc(C)cc1)C(N)=O. The highest BCUT2D eigenvalue weighted by molar-refractivity contribution is 5.94. The van der Waals surface area contributed by atoms with Gasteiger partial charge in [0.2, 0.25) is 17.7 Å². The van der Waals surface area contributed by atoms with E-state index in [1.54, 1.807) is 6.92 Å². The van der Waals surface area contributed by atoms with Crippen LogP contribution in [0.2, 0.25) is 0 Å². The summed E-state index contributed by atoms with van der Waals surface area (Å²) in [6, 6.07) is 7.59. The van der Waals surface area contributed by atoms with Crippen molar-refractivity contribution in [3.05, 3.63) is 35.4 Å². The third-order valence-corrected chi connectivity index (χ3v) is 6.84. The molecule has 0 aromatic heterocycles. The molecule has 0 fully saturated rings. The molecular weight excluding hydrogens is 528 g/mol. The van der Waals surface area contributed by atoms with Crippen molar-refractivity contribution in [1.82, 2.24) is 10.6 Å². The highest BCUT2D eigenvalue weighted by Gasteiger charge is 2.29. The Labute approximate surface area is 243 Å². The molecule has 0 saturated heterocycles. The summed E-state index contributed by atoms with van der Waals surface area (Å²) in [5.41, 5.74) is 12.9. The van der Waals surface area contributed by atoms with E-state index >= 15 is 0 Å². The summed E-state index contributed by atoms with van der Waals surface area (Å²) in [4.78, 5) is 61.6. The van der Waals surface area contributed by atoms with Gasteiger partial charge in [-0.2, -0.15) is 0 Å². The molecule has 0 heterocycles. The van der Waals surface area contributed by atoms with E-state index < -0.39 is 23.7 Å². The Morgan fingerprint density at radius 1 is 0.829 bits per heavy atom. The van der Waals surface area contributed by atoms with Gasteiger partial charge in [0.15, 0.2) is 0 Å². The van der Waals surface area contributed by atoms with Crippen molar-refractivity contribution >= 4 is 29.3 Å². The van der Waals surface area contributed by atoms with E-state index in [1.807, 2.05) is 38.2 Å². The summed E-state index contributed by atoms with van der Waals surface area (Å²) in [6.07, 6.45) is 1.71. The van der Waals surface area contributed by atoms with Crippen LogP contribution in [0.5, 0.6) is 0 Å². The van der Waals surface area contributed by atoms with Crippen molar-refractivity contribution in [3.8, 4) is 0 Å². The number of primary amides is 2. The number of hydrogen-bond acceptors (Lipinski definition) is 8. The maximum absolute atomic E-state index is 13.1. The maximum Gasteiger partial charge on any atom is 0.245 e. The molecule has 1 rings (SSSR count). The fraction of sp³-hybridized carbons (Fsp3) is 0.633. The lowest BCUT2D eigenvalue weighted by Crippen LogP contribution is -2.32. The Hall–Kier alpha value is -3.15. The van der Waals surface area contributed by atoms with E-state index in [-0.39, 0.29) is 49.3 Å². The van der Waals surface area contributed by atoms with Crippen LogP contribution in [0.15, 0.2) is 24.3 Å². The van der Waals surface area contributed by atoms with Crippen LogP contribution in [0.25, 0.3) is 0 Å². The van der Waals surface area contributed by atoms with Crippen molar-refractivity contribution in [3.63, 3.8) is 0 Å². The molecule has 0 aliphatic rings. The first-order valence-corrected chi connectivity index (χ1v) is 14.3. The van der Waals surface area contributed by atoms with E-state index in [4.69, 9.17) is 20.9 Å². The number of carbonyl (C=O) groups excluding carboxylic acids is 5. The minimum absolute atomic E-state index is 0.0405. The number of amides is 3. The molecule has 1 aromatic carbocycles. The zero-order valence-electron chi connectivity index (χ0n) is 24.7. The molecule has 0 bridgehead atoms. The second-order valence-electron chi connectivity index (χ2n) is 10.5. The van der Waals surface area contributed by atoms with Crippen LogP contribution in [-0.4, -0.2) is 75.9 Å². The van der Waals surface area contributed by atoms with Crippen LogP contribution in [0.4, 0.5) is 0 Å². The summed E-state index contributed by atoms with van der Waals surface area (Å²) < 4.78 is 10.6. The van der Waals surface area contributed by atoms with Gasteiger partial charge in [0.05, 0.1) is 19.8 Å². The molecule has 0 spiro atoms. The number of carbonyl (C=O) groups is 5. The van der Waals surface area contributed by atoms with Gasteiger partial charge in [0, 0.05) is 50.1 Å². The quantitative estimate of drug-likeness (QED) is 0.133. The number of hydrogen-bond donors (Lipinski definition) is 4. The van der Waals surface area contributed by atoms with Crippen LogP contribution < -0.4 is 22.1 Å². The lowest BCUT2D eigenvalue weighted by molar-refractivity contribution is -0.134. The summed E-state index contributed by atoms with van der Waals surface area (Å²) in [5, 5.41) is 5.75. The first kappa shape index (κ1) is 35.9. The summed E-state index contributed by atoms with van der Waals surface area (Å²) in [5.74, 6) is -3.99. The maximum atomic E-state index is 13.1. The molecule has 1 aromatic rings. The van der Waals surface area contributed by atoms with Gasteiger partial charge in [0.1, 0.15) is 18.2 Å². The van der Waals surface area contributed by atoms with Gasteiger partial charge < -0.3 is 31.6 Å². The van der Waals surface area contributed by atoms with Gasteiger partial charge in [0.25, 0.3) is 0 Å². The van der Waals surface area contributed by atoms with Crippen molar-refractivity contribution in [1.29, 1.82) is 0 Å². The number of nitrogens with two attached hydrogens (primary N) is 2. The Kier molecular flexibility index (Phi) is 18.1. The van der Waals surface area contributed by atoms with E-state index in [1.165, 1.54) is 0 Å². The van der Waals surface area contributed by atoms with E-state index in [9.17, 15) is 24.0 Å². The highest BCUT2D eigenvalue weighted by Crippen LogP contribution is 2.22. The summed E-state index contributed by atoms with van der Waals surface area (Å²) in [7, 11) is 1.84. The molecule has 11 nitrogen and oxygen atoms in total. The number of aryl methyl sites for hydroxylation is 1. The molecular formula is C30H48N4O7. The Bertz CT molecular complexity index is 968. The fourth-order valence-electron chi connectivity index (χ4n) is 4.25. The lowest BCUT2D eigenvalue weighted by atomic mass is 9.83. The second-order valence-corrected chi connectivity index (χ2v) is 10.5. The zero-order chi connectivity index (χ0) is 30.6. The molecule has 6 N–H and O–H groups in total. The lowest BCUT2D eigenvalue weighted by Gasteiger charge is -2.19. The Balaban J connectivity index is 2.44. The molecule has 41 heavy (non-hydrogen) atoms. The van der Waals surface area contributed by atoms with Crippen molar-refractivity contribution in [2.45, 2.75) is 58.8 Å². The number of benzene rings is 1. The minimum atomic E-state index is -0.893. The molecule has 0 radical (unpaired) electrons. The average molecular weight is 577 g/mol. The molecule has 3 amide bonds. The molecule has 0 aliphatic heterocycles. The third-order valence-electron chi connectivity index (χ3n) is 6.84. The van der Waals surface area contributed by atoms with E-state index in [2.05, 4.69) is 10.6 Å². The number of nitrogens with one attached hydrogen (secondary N) is 2.